The molecule has 0 atom stereocenters. The molecule has 0 fully saturated rings. The van der Waals surface area contributed by atoms with Crippen LogP contribution in [0.2, 0.25) is 0 Å². The van der Waals surface area contributed by atoms with Crippen molar-refractivity contribution in [3.05, 3.63) is 90.0 Å². The molecule has 0 unspecified atom stereocenters. The summed E-state index contributed by atoms with van der Waals surface area (Å²) in [6.45, 7) is 0. The van der Waals surface area contributed by atoms with Crippen LogP contribution in [0.4, 0.5) is 11.4 Å². The minimum absolute atomic E-state index is 0.304. The number of methoxy groups -OCH3 is 1. The van der Waals surface area contributed by atoms with E-state index in [-0.39, 0.29) is 5.91 Å². The third-order valence-corrected chi connectivity index (χ3v) is 5.93. The Morgan fingerprint density at radius 1 is 0.968 bits per heavy atom. The van der Waals surface area contributed by atoms with E-state index >= 15 is 0 Å². The van der Waals surface area contributed by atoms with Crippen LogP contribution < -0.4 is 14.4 Å². The lowest BCUT2D eigenvalue weighted by Gasteiger charge is -2.18. The Kier molecular flexibility index (Phi) is 6.77. The third kappa shape index (κ3) is 5.73. The highest BCUT2D eigenvalue weighted by atomic mass is 32.2. The molecule has 0 heterocycles. The van der Waals surface area contributed by atoms with Gasteiger partial charge in [-0.05, 0) is 47.5 Å². The van der Waals surface area contributed by atoms with Gasteiger partial charge >= 0.3 is 0 Å². The first-order chi connectivity index (χ1) is 14.8. The van der Waals surface area contributed by atoms with E-state index in [1.165, 1.54) is 7.05 Å². The molecule has 0 aliphatic rings. The highest BCUT2D eigenvalue weighted by Gasteiger charge is 2.15. The normalized spacial score (nSPS) is 11.6. The van der Waals surface area contributed by atoms with E-state index in [1.807, 2.05) is 54.6 Å². The summed E-state index contributed by atoms with van der Waals surface area (Å²) in [6, 6.07) is 23.5. The van der Waals surface area contributed by atoms with Crippen molar-refractivity contribution in [2.24, 2.45) is 0 Å². The van der Waals surface area contributed by atoms with Crippen LogP contribution >= 0.6 is 0 Å². The molecule has 160 valence electrons. The summed E-state index contributed by atoms with van der Waals surface area (Å²) < 4.78 is 30.0. The molecule has 0 saturated carbocycles. The number of sulfonamides is 1. The second kappa shape index (κ2) is 9.49. The van der Waals surface area contributed by atoms with Crippen molar-refractivity contribution in [2.45, 2.75) is 0 Å². The van der Waals surface area contributed by atoms with Crippen LogP contribution in [0.25, 0.3) is 11.6 Å². The molecule has 1 N–H and O–H groups in total. The first kappa shape index (κ1) is 22.1. The molecule has 7 heteroatoms. The SMILES string of the molecule is COc1ccc(C=C(C(=O)Nc2cccc(N(C)S(C)(=O)=O)c2)c2ccccc2)cc1. The van der Waals surface area contributed by atoms with Gasteiger partial charge in [0.25, 0.3) is 5.91 Å². The number of benzene rings is 3. The molecule has 0 radical (unpaired) electrons. The number of carbonyl (C=O) groups is 1. The molecule has 3 aromatic carbocycles. The lowest BCUT2D eigenvalue weighted by molar-refractivity contribution is -0.111. The van der Waals surface area contributed by atoms with Crippen molar-refractivity contribution in [1.82, 2.24) is 0 Å². The van der Waals surface area contributed by atoms with Gasteiger partial charge in [0.15, 0.2) is 0 Å². The van der Waals surface area contributed by atoms with Crippen LogP contribution in [0.15, 0.2) is 78.9 Å². The highest BCUT2D eigenvalue weighted by Crippen LogP contribution is 2.24. The predicted octanol–water partition coefficient (Wildman–Crippen LogP) is 4.27. The Balaban J connectivity index is 1.93. The molecule has 31 heavy (non-hydrogen) atoms. The fourth-order valence-electron chi connectivity index (χ4n) is 2.93. The summed E-state index contributed by atoms with van der Waals surface area (Å²) in [6.07, 6.45) is 2.93. The van der Waals surface area contributed by atoms with Crippen LogP contribution in [0.5, 0.6) is 5.75 Å². The van der Waals surface area contributed by atoms with Crippen LogP contribution in [0.1, 0.15) is 11.1 Å². The summed E-state index contributed by atoms with van der Waals surface area (Å²) in [4.78, 5) is 13.2. The first-order valence-corrected chi connectivity index (χ1v) is 11.4. The molecule has 0 saturated heterocycles. The highest BCUT2D eigenvalue weighted by molar-refractivity contribution is 7.92. The Bertz CT molecular complexity index is 1190. The lowest BCUT2D eigenvalue weighted by atomic mass is 10.0. The predicted molar refractivity (Wildman–Crippen MR) is 126 cm³/mol. The molecule has 0 bridgehead atoms. The first-order valence-electron chi connectivity index (χ1n) is 9.54. The molecular formula is C24H24N2O4S. The molecule has 1 amide bonds. The van der Waals surface area contributed by atoms with Gasteiger partial charge in [-0.1, -0.05) is 48.5 Å². The second-order valence-electron chi connectivity index (χ2n) is 6.93. The summed E-state index contributed by atoms with van der Waals surface area (Å²) in [7, 11) is -0.340. The Morgan fingerprint density at radius 2 is 1.65 bits per heavy atom. The van der Waals surface area contributed by atoms with E-state index in [2.05, 4.69) is 5.32 Å². The molecule has 0 aliphatic carbocycles. The summed E-state index contributed by atoms with van der Waals surface area (Å²) >= 11 is 0. The van der Waals surface area contributed by atoms with Crippen molar-refractivity contribution < 1.29 is 17.9 Å². The number of carbonyl (C=O) groups excluding carboxylic acids is 1. The number of nitrogens with one attached hydrogen (secondary N) is 1. The monoisotopic (exact) mass is 436 g/mol. The maximum Gasteiger partial charge on any atom is 0.256 e. The standard InChI is InChI=1S/C24H24N2O4S/c1-26(31(3,28)29)21-11-7-10-20(17-21)25-24(27)23(19-8-5-4-6-9-19)16-18-12-14-22(30-2)15-13-18/h4-17H,1-3H3,(H,25,27). The van der Waals surface area contributed by atoms with Crippen molar-refractivity contribution in [1.29, 1.82) is 0 Å². The average molecular weight is 437 g/mol. The van der Waals surface area contributed by atoms with Gasteiger partial charge in [-0.25, -0.2) is 8.42 Å². The summed E-state index contributed by atoms with van der Waals surface area (Å²) in [5.41, 5.74) is 3.04. The topological polar surface area (TPSA) is 75.7 Å². The fraction of sp³-hybridized carbons (Fsp3) is 0.125. The van der Waals surface area contributed by atoms with Crippen molar-refractivity contribution in [2.75, 3.05) is 30.0 Å². The Labute approximate surface area is 182 Å². The van der Waals surface area contributed by atoms with E-state index in [1.54, 1.807) is 37.5 Å². The Hall–Kier alpha value is -3.58. The number of hydrogen-bond donors (Lipinski definition) is 1. The summed E-state index contributed by atoms with van der Waals surface area (Å²) in [5, 5.41) is 2.88. The van der Waals surface area contributed by atoms with Crippen LogP contribution in [0.3, 0.4) is 0 Å². The van der Waals surface area contributed by atoms with Crippen molar-refractivity contribution >= 4 is 39.0 Å². The number of ether oxygens (including phenoxy) is 1. The zero-order valence-electron chi connectivity index (χ0n) is 17.6. The molecule has 0 spiro atoms. The molecule has 0 aromatic heterocycles. The van der Waals surface area contributed by atoms with Gasteiger partial charge < -0.3 is 10.1 Å². The quantitative estimate of drug-likeness (QED) is 0.443. The average Bonchev–Trinajstić information content (AvgIpc) is 2.77. The maximum absolute atomic E-state index is 13.2. The van der Waals surface area contributed by atoms with E-state index in [4.69, 9.17) is 4.74 Å². The second-order valence-corrected chi connectivity index (χ2v) is 8.95. The zero-order chi connectivity index (χ0) is 22.4. The van der Waals surface area contributed by atoms with E-state index in [0.717, 1.165) is 27.4 Å². The van der Waals surface area contributed by atoms with Crippen LogP contribution in [0, 0.1) is 0 Å². The molecule has 6 nitrogen and oxygen atoms in total. The minimum Gasteiger partial charge on any atom is -0.497 e. The number of anilines is 2. The van der Waals surface area contributed by atoms with E-state index < -0.39 is 10.0 Å². The molecule has 3 aromatic rings. The summed E-state index contributed by atoms with van der Waals surface area (Å²) in [5.74, 6) is 0.427. The number of rotatable bonds is 7. The Morgan fingerprint density at radius 3 is 2.26 bits per heavy atom. The van der Waals surface area contributed by atoms with Gasteiger partial charge in [0, 0.05) is 18.3 Å². The van der Waals surface area contributed by atoms with E-state index in [0.29, 0.717) is 16.9 Å². The molecule has 3 rings (SSSR count). The van der Waals surface area contributed by atoms with Gasteiger partial charge in [0.1, 0.15) is 5.75 Å². The van der Waals surface area contributed by atoms with Gasteiger partial charge in [0.05, 0.1) is 19.1 Å². The van der Waals surface area contributed by atoms with Gasteiger partial charge in [0.2, 0.25) is 10.0 Å². The van der Waals surface area contributed by atoms with Gasteiger partial charge in [-0.3, -0.25) is 9.10 Å². The number of amides is 1. The maximum atomic E-state index is 13.2. The zero-order valence-corrected chi connectivity index (χ0v) is 18.4. The van der Waals surface area contributed by atoms with E-state index in [9.17, 15) is 13.2 Å². The smallest absolute Gasteiger partial charge is 0.256 e. The largest absolute Gasteiger partial charge is 0.497 e. The van der Waals surface area contributed by atoms with Crippen molar-refractivity contribution in [3.63, 3.8) is 0 Å². The van der Waals surface area contributed by atoms with Gasteiger partial charge in [-0.2, -0.15) is 0 Å². The molecular weight excluding hydrogens is 412 g/mol. The van der Waals surface area contributed by atoms with Crippen molar-refractivity contribution in [3.8, 4) is 5.75 Å². The number of nitrogens with zero attached hydrogens (tertiary/aromatic N) is 1. The van der Waals surface area contributed by atoms with Gasteiger partial charge in [-0.15, -0.1) is 0 Å². The fourth-order valence-corrected chi connectivity index (χ4v) is 3.43. The van der Waals surface area contributed by atoms with Crippen LogP contribution in [-0.2, 0) is 14.8 Å². The minimum atomic E-state index is -3.41. The number of hydrogen-bond acceptors (Lipinski definition) is 4. The lowest BCUT2D eigenvalue weighted by Crippen LogP contribution is -2.25. The molecule has 0 aliphatic heterocycles. The third-order valence-electron chi connectivity index (χ3n) is 4.72. The van der Waals surface area contributed by atoms with Crippen LogP contribution in [-0.4, -0.2) is 34.7 Å².